The SMILES string of the molecule is COc1cc(C(=O)N(CC(=O)O)Cc2cccc(OC(C)C)c2)cc2c1O[C@@](C)(Cc1ccc(Cl)cc1)C2. The first-order valence-electron chi connectivity index (χ1n) is 12.5. The number of aliphatic carboxylic acids is 1. The summed E-state index contributed by atoms with van der Waals surface area (Å²) < 4.78 is 17.7. The number of nitrogens with zero attached hydrogens (tertiary/aromatic N) is 1. The molecule has 0 bridgehead atoms. The number of hydrogen-bond acceptors (Lipinski definition) is 5. The maximum Gasteiger partial charge on any atom is 0.323 e. The third kappa shape index (κ3) is 6.58. The average Bonchev–Trinajstić information content (AvgIpc) is 3.19. The number of rotatable bonds is 10. The molecule has 0 aromatic heterocycles. The van der Waals surface area contributed by atoms with Gasteiger partial charge in [0.25, 0.3) is 5.91 Å². The van der Waals surface area contributed by atoms with Crippen molar-refractivity contribution in [2.75, 3.05) is 13.7 Å². The fourth-order valence-corrected chi connectivity index (χ4v) is 4.88. The lowest BCUT2D eigenvalue weighted by atomic mass is 9.91. The highest BCUT2D eigenvalue weighted by Gasteiger charge is 2.38. The highest BCUT2D eigenvalue weighted by atomic mass is 35.5. The van der Waals surface area contributed by atoms with Crippen LogP contribution in [-0.2, 0) is 24.2 Å². The fourth-order valence-electron chi connectivity index (χ4n) is 4.76. The third-order valence-electron chi connectivity index (χ3n) is 6.26. The number of ether oxygens (including phenoxy) is 3. The van der Waals surface area contributed by atoms with Crippen LogP contribution in [0.1, 0.15) is 47.8 Å². The van der Waals surface area contributed by atoms with E-state index in [2.05, 4.69) is 0 Å². The van der Waals surface area contributed by atoms with Gasteiger partial charge in [-0.25, -0.2) is 0 Å². The summed E-state index contributed by atoms with van der Waals surface area (Å²) in [5, 5.41) is 10.2. The number of carboxylic acid groups (broad SMARTS) is 1. The minimum atomic E-state index is -1.10. The molecular formula is C30H32ClNO6. The first kappa shape index (κ1) is 27.3. The van der Waals surface area contributed by atoms with Crippen LogP contribution < -0.4 is 14.2 Å². The zero-order valence-corrected chi connectivity index (χ0v) is 22.7. The molecule has 1 aliphatic heterocycles. The van der Waals surface area contributed by atoms with Crippen molar-refractivity contribution in [3.8, 4) is 17.2 Å². The fraction of sp³-hybridized carbons (Fsp3) is 0.333. The molecule has 3 aromatic rings. The lowest BCUT2D eigenvalue weighted by molar-refractivity contribution is -0.137. The van der Waals surface area contributed by atoms with Gasteiger partial charge in [-0.3, -0.25) is 9.59 Å². The Morgan fingerprint density at radius 2 is 1.84 bits per heavy atom. The zero-order valence-electron chi connectivity index (χ0n) is 22.0. The van der Waals surface area contributed by atoms with Gasteiger partial charge in [-0.05, 0) is 68.3 Å². The van der Waals surface area contributed by atoms with E-state index in [-0.39, 0.29) is 12.6 Å². The molecule has 1 aliphatic rings. The second kappa shape index (κ2) is 11.4. The Kier molecular flexibility index (Phi) is 8.17. The maximum atomic E-state index is 13.6. The van der Waals surface area contributed by atoms with Gasteiger partial charge in [0.1, 0.15) is 17.9 Å². The van der Waals surface area contributed by atoms with Gasteiger partial charge in [-0.2, -0.15) is 0 Å². The van der Waals surface area contributed by atoms with Gasteiger partial charge < -0.3 is 24.2 Å². The first-order valence-corrected chi connectivity index (χ1v) is 12.8. The minimum Gasteiger partial charge on any atom is -0.493 e. The summed E-state index contributed by atoms with van der Waals surface area (Å²) >= 11 is 6.03. The summed E-state index contributed by atoms with van der Waals surface area (Å²) in [6, 6.07) is 18.4. The molecule has 1 atom stereocenters. The predicted octanol–water partition coefficient (Wildman–Crippen LogP) is 5.80. The number of methoxy groups -OCH3 is 1. The molecular weight excluding hydrogens is 506 g/mol. The normalized spacial score (nSPS) is 16.1. The van der Waals surface area contributed by atoms with Crippen molar-refractivity contribution >= 4 is 23.5 Å². The summed E-state index contributed by atoms with van der Waals surface area (Å²) in [6.45, 7) is 5.55. The van der Waals surface area contributed by atoms with Crippen LogP contribution in [0.5, 0.6) is 17.2 Å². The number of hydrogen-bond donors (Lipinski definition) is 1. The van der Waals surface area contributed by atoms with E-state index >= 15 is 0 Å². The van der Waals surface area contributed by atoms with Crippen LogP contribution >= 0.6 is 11.6 Å². The smallest absolute Gasteiger partial charge is 0.323 e. The average molecular weight is 538 g/mol. The van der Waals surface area contributed by atoms with E-state index in [9.17, 15) is 14.7 Å². The Balaban J connectivity index is 1.59. The van der Waals surface area contributed by atoms with Crippen LogP contribution in [0.4, 0.5) is 0 Å². The molecule has 4 rings (SSSR count). The van der Waals surface area contributed by atoms with Crippen LogP contribution in [0.3, 0.4) is 0 Å². The van der Waals surface area contributed by atoms with Gasteiger partial charge in [-0.1, -0.05) is 35.9 Å². The summed E-state index contributed by atoms with van der Waals surface area (Å²) in [7, 11) is 1.53. The Labute approximate surface area is 227 Å². The van der Waals surface area contributed by atoms with E-state index in [1.807, 2.05) is 69.3 Å². The molecule has 3 aromatic carbocycles. The zero-order chi connectivity index (χ0) is 27.4. The Bertz CT molecular complexity index is 1320. The van der Waals surface area contributed by atoms with Gasteiger partial charge in [0.05, 0.1) is 13.2 Å². The lowest BCUT2D eigenvalue weighted by Gasteiger charge is -2.24. The molecule has 1 N–H and O–H groups in total. The maximum absolute atomic E-state index is 13.6. The highest BCUT2D eigenvalue weighted by molar-refractivity contribution is 6.30. The molecule has 0 spiro atoms. The summed E-state index contributed by atoms with van der Waals surface area (Å²) in [5.41, 5.74) is 2.49. The molecule has 0 saturated heterocycles. The molecule has 0 fully saturated rings. The standard InChI is InChI=1S/C30H32ClNO6/c1-19(2)37-25-7-5-6-21(12-25)17-32(18-27(33)34)29(35)22-13-23-16-30(3,38-28(23)26(14-22)36-4)15-20-8-10-24(31)11-9-20/h5-14,19H,15-18H2,1-4H3,(H,33,34)/t30-/m0/s1. The molecule has 1 amide bonds. The van der Waals surface area contributed by atoms with Crippen molar-refractivity contribution in [3.63, 3.8) is 0 Å². The molecule has 0 aliphatic carbocycles. The van der Waals surface area contributed by atoms with E-state index in [0.717, 1.165) is 16.7 Å². The van der Waals surface area contributed by atoms with Crippen LogP contribution in [-0.4, -0.2) is 47.2 Å². The van der Waals surface area contributed by atoms with Crippen LogP contribution in [0.2, 0.25) is 5.02 Å². The highest BCUT2D eigenvalue weighted by Crippen LogP contribution is 2.44. The second-order valence-electron chi connectivity index (χ2n) is 10.1. The lowest BCUT2D eigenvalue weighted by Crippen LogP contribution is -2.35. The summed E-state index contributed by atoms with van der Waals surface area (Å²) in [6.07, 6.45) is 1.20. The van der Waals surface area contributed by atoms with E-state index in [1.165, 1.54) is 12.0 Å². The minimum absolute atomic E-state index is 0.00604. The number of benzene rings is 3. The molecule has 0 unspecified atom stereocenters. The van der Waals surface area contributed by atoms with Crippen LogP contribution in [0.25, 0.3) is 0 Å². The Morgan fingerprint density at radius 3 is 2.50 bits per heavy atom. The largest absolute Gasteiger partial charge is 0.493 e. The predicted molar refractivity (Wildman–Crippen MR) is 145 cm³/mol. The molecule has 0 radical (unpaired) electrons. The Morgan fingerprint density at radius 1 is 1.11 bits per heavy atom. The van der Waals surface area contributed by atoms with Crippen molar-refractivity contribution in [1.82, 2.24) is 4.90 Å². The number of carbonyl (C=O) groups is 2. The van der Waals surface area contributed by atoms with Crippen LogP contribution in [0.15, 0.2) is 60.7 Å². The number of carboxylic acids is 1. The quantitative estimate of drug-likeness (QED) is 0.352. The number of fused-ring (bicyclic) bond motifs is 1. The monoisotopic (exact) mass is 537 g/mol. The van der Waals surface area contributed by atoms with Gasteiger partial charge in [0, 0.05) is 35.5 Å². The van der Waals surface area contributed by atoms with E-state index in [1.54, 1.807) is 12.1 Å². The van der Waals surface area contributed by atoms with E-state index in [4.69, 9.17) is 25.8 Å². The third-order valence-corrected chi connectivity index (χ3v) is 6.51. The van der Waals surface area contributed by atoms with Crippen molar-refractivity contribution in [1.29, 1.82) is 0 Å². The van der Waals surface area contributed by atoms with Crippen molar-refractivity contribution in [2.45, 2.75) is 51.9 Å². The van der Waals surface area contributed by atoms with E-state index in [0.29, 0.717) is 40.7 Å². The van der Waals surface area contributed by atoms with E-state index < -0.39 is 24.0 Å². The number of halogens is 1. The van der Waals surface area contributed by atoms with Gasteiger partial charge >= 0.3 is 5.97 Å². The van der Waals surface area contributed by atoms with Crippen LogP contribution in [0, 0.1) is 0 Å². The molecule has 1 heterocycles. The molecule has 7 nitrogen and oxygen atoms in total. The summed E-state index contributed by atoms with van der Waals surface area (Å²) in [4.78, 5) is 26.6. The second-order valence-corrected chi connectivity index (χ2v) is 10.5. The topological polar surface area (TPSA) is 85.3 Å². The van der Waals surface area contributed by atoms with Crippen molar-refractivity contribution in [3.05, 3.63) is 87.9 Å². The van der Waals surface area contributed by atoms with Crippen molar-refractivity contribution in [2.24, 2.45) is 0 Å². The van der Waals surface area contributed by atoms with Crippen molar-refractivity contribution < 1.29 is 28.9 Å². The first-order chi connectivity index (χ1) is 18.0. The number of amides is 1. The summed E-state index contributed by atoms with van der Waals surface area (Å²) in [5.74, 6) is 0.198. The molecule has 38 heavy (non-hydrogen) atoms. The molecule has 8 heteroatoms. The molecule has 200 valence electrons. The van der Waals surface area contributed by atoms with Gasteiger partial charge in [-0.15, -0.1) is 0 Å². The Hall–Kier alpha value is -3.71. The van der Waals surface area contributed by atoms with Gasteiger partial charge in [0.15, 0.2) is 11.5 Å². The number of carbonyl (C=O) groups excluding carboxylic acids is 1. The molecule has 0 saturated carbocycles. The van der Waals surface area contributed by atoms with Gasteiger partial charge in [0.2, 0.25) is 0 Å².